The number of carbonyl (C=O) groups is 1. The van der Waals surface area contributed by atoms with Crippen LogP contribution in [-0.4, -0.2) is 56.4 Å². The highest BCUT2D eigenvalue weighted by atomic mass is 19.4. The van der Waals surface area contributed by atoms with Crippen molar-refractivity contribution in [3.63, 3.8) is 0 Å². The van der Waals surface area contributed by atoms with Crippen molar-refractivity contribution in [2.45, 2.75) is 25.0 Å². The number of anilines is 1. The van der Waals surface area contributed by atoms with Gasteiger partial charge >= 0.3 is 12.3 Å². The maximum Gasteiger partial charge on any atom is 0.499 e. The first kappa shape index (κ1) is 26.0. The SMILES string of the molecule is N=C(/N=C(/NCCC1OCCO1)Nc1ccc(OC(F)(F)C(F)(F)F)cc1)c1ccc(C=O)cc1. The zero-order valence-electron chi connectivity index (χ0n) is 18.1. The Bertz CT molecular complexity index is 1040. The summed E-state index contributed by atoms with van der Waals surface area (Å²) in [6.07, 6.45) is -10.5. The summed E-state index contributed by atoms with van der Waals surface area (Å²) in [6, 6.07) is 10.4. The summed E-state index contributed by atoms with van der Waals surface area (Å²) in [5.41, 5.74) is 1.12. The number of nitrogens with zero attached hydrogens (tertiary/aromatic N) is 1. The van der Waals surface area contributed by atoms with Crippen LogP contribution in [0.4, 0.5) is 27.6 Å². The molecule has 1 aliphatic rings. The van der Waals surface area contributed by atoms with Crippen LogP contribution in [0.5, 0.6) is 5.75 Å². The van der Waals surface area contributed by atoms with Crippen LogP contribution in [0.15, 0.2) is 53.5 Å². The molecule has 1 fully saturated rings. The molecule has 0 spiro atoms. The second-order valence-electron chi connectivity index (χ2n) is 7.20. The molecule has 2 aromatic rings. The van der Waals surface area contributed by atoms with E-state index in [4.69, 9.17) is 14.9 Å². The lowest BCUT2D eigenvalue weighted by atomic mass is 10.1. The smallest absolute Gasteiger partial charge is 0.426 e. The van der Waals surface area contributed by atoms with Crippen LogP contribution >= 0.6 is 0 Å². The molecule has 0 aliphatic carbocycles. The molecule has 1 saturated heterocycles. The number of hydrogen-bond acceptors (Lipinski definition) is 5. The van der Waals surface area contributed by atoms with Crippen LogP contribution in [0.3, 0.4) is 0 Å². The molecule has 188 valence electrons. The number of hydrogen-bond donors (Lipinski definition) is 3. The first-order chi connectivity index (χ1) is 16.6. The normalized spacial score (nSPS) is 15.1. The van der Waals surface area contributed by atoms with Gasteiger partial charge in [0, 0.05) is 29.8 Å². The van der Waals surface area contributed by atoms with E-state index in [9.17, 15) is 26.7 Å². The van der Waals surface area contributed by atoms with Gasteiger partial charge in [-0.2, -0.15) is 26.9 Å². The van der Waals surface area contributed by atoms with Crippen molar-refractivity contribution in [1.29, 1.82) is 5.41 Å². The van der Waals surface area contributed by atoms with Gasteiger partial charge in [-0.05, 0) is 24.3 Å². The molecular formula is C22H21F5N4O4. The molecule has 8 nitrogen and oxygen atoms in total. The summed E-state index contributed by atoms with van der Waals surface area (Å²) < 4.78 is 77.7. The number of carbonyl (C=O) groups excluding carboxylic acids is 1. The largest absolute Gasteiger partial charge is 0.499 e. The number of rotatable bonds is 8. The number of nitrogens with one attached hydrogen (secondary N) is 3. The molecule has 13 heteroatoms. The van der Waals surface area contributed by atoms with E-state index in [0.717, 1.165) is 12.1 Å². The molecule has 0 atom stereocenters. The minimum absolute atomic E-state index is 0.0988. The van der Waals surface area contributed by atoms with Crippen LogP contribution in [0.25, 0.3) is 0 Å². The fourth-order valence-electron chi connectivity index (χ4n) is 2.84. The van der Waals surface area contributed by atoms with E-state index in [1.165, 1.54) is 24.3 Å². The lowest BCUT2D eigenvalue weighted by Crippen LogP contribution is -2.41. The van der Waals surface area contributed by atoms with E-state index in [0.29, 0.717) is 43.6 Å². The fraction of sp³-hybridized carbons (Fsp3) is 0.318. The minimum atomic E-state index is -5.86. The molecule has 0 bridgehead atoms. The molecule has 1 aliphatic heterocycles. The summed E-state index contributed by atoms with van der Waals surface area (Å²) in [7, 11) is 0. The molecule has 3 rings (SSSR count). The number of amidine groups is 1. The highest BCUT2D eigenvalue weighted by Gasteiger charge is 2.61. The summed E-state index contributed by atoms with van der Waals surface area (Å²) >= 11 is 0. The van der Waals surface area contributed by atoms with Gasteiger partial charge in [-0.3, -0.25) is 10.2 Å². The second-order valence-corrected chi connectivity index (χ2v) is 7.20. The van der Waals surface area contributed by atoms with E-state index in [2.05, 4.69) is 20.4 Å². The summed E-state index contributed by atoms with van der Waals surface area (Å²) in [4.78, 5) is 15.0. The van der Waals surface area contributed by atoms with E-state index in [1.54, 1.807) is 12.1 Å². The van der Waals surface area contributed by atoms with E-state index >= 15 is 0 Å². The third-order valence-corrected chi connectivity index (χ3v) is 4.60. The molecule has 1 heterocycles. The van der Waals surface area contributed by atoms with Gasteiger partial charge in [0.2, 0.25) is 5.96 Å². The summed E-state index contributed by atoms with van der Waals surface area (Å²) in [6.45, 7) is 1.28. The van der Waals surface area contributed by atoms with Crippen molar-refractivity contribution >= 4 is 23.8 Å². The van der Waals surface area contributed by atoms with Crippen molar-refractivity contribution in [3.8, 4) is 5.75 Å². The van der Waals surface area contributed by atoms with Crippen LogP contribution < -0.4 is 15.4 Å². The van der Waals surface area contributed by atoms with Crippen molar-refractivity contribution in [3.05, 3.63) is 59.7 Å². The van der Waals surface area contributed by atoms with Crippen LogP contribution in [-0.2, 0) is 9.47 Å². The highest BCUT2D eigenvalue weighted by Crippen LogP contribution is 2.37. The maximum absolute atomic E-state index is 13.1. The molecule has 0 saturated carbocycles. The van der Waals surface area contributed by atoms with Gasteiger partial charge in [-0.1, -0.05) is 24.3 Å². The van der Waals surface area contributed by atoms with Crippen LogP contribution in [0, 0.1) is 5.41 Å². The predicted octanol–water partition coefficient (Wildman–Crippen LogP) is 4.18. The van der Waals surface area contributed by atoms with Crippen molar-refractivity contribution in [2.75, 3.05) is 25.1 Å². The van der Waals surface area contributed by atoms with Gasteiger partial charge in [0.25, 0.3) is 0 Å². The van der Waals surface area contributed by atoms with Gasteiger partial charge in [0.05, 0.1) is 13.2 Å². The van der Waals surface area contributed by atoms with Gasteiger partial charge in [0.15, 0.2) is 12.1 Å². The number of halogens is 5. The maximum atomic E-state index is 13.1. The monoisotopic (exact) mass is 500 g/mol. The average molecular weight is 500 g/mol. The van der Waals surface area contributed by atoms with Gasteiger partial charge in [-0.25, -0.2) is 0 Å². The van der Waals surface area contributed by atoms with Crippen LogP contribution in [0.1, 0.15) is 22.3 Å². The van der Waals surface area contributed by atoms with Crippen molar-refractivity contribution in [1.82, 2.24) is 5.32 Å². The molecule has 0 aromatic heterocycles. The number of aliphatic imine (C=N–C) groups is 1. The molecule has 0 unspecified atom stereocenters. The molecule has 2 aromatic carbocycles. The Labute approximate surface area is 196 Å². The summed E-state index contributed by atoms with van der Waals surface area (Å²) in [5.74, 6) is -0.750. The van der Waals surface area contributed by atoms with Gasteiger partial charge in [-0.15, -0.1) is 0 Å². The van der Waals surface area contributed by atoms with E-state index < -0.39 is 24.3 Å². The lowest BCUT2D eigenvalue weighted by molar-refractivity contribution is -0.360. The predicted molar refractivity (Wildman–Crippen MR) is 116 cm³/mol. The van der Waals surface area contributed by atoms with Crippen molar-refractivity contribution < 1.29 is 41.0 Å². The number of benzene rings is 2. The third-order valence-electron chi connectivity index (χ3n) is 4.60. The van der Waals surface area contributed by atoms with Gasteiger partial charge in [0.1, 0.15) is 12.0 Å². The second kappa shape index (κ2) is 11.2. The van der Waals surface area contributed by atoms with E-state index in [1.807, 2.05) is 0 Å². The molecule has 35 heavy (non-hydrogen) atoms. The van der Waals surface area contributed by atoms with Crippen LogP contribution in [0.2, 0.25) is 0 Å². The first-order valence-corrected chi connectivity index (χ1v) is 10.3. The number of aldehydes is 1. The Morgan fingerprint density at radius 1 is 1.06 bits per heavy atom. The minimum Gasteiger partial charge on any atom is -0.426 e. The lowest BCUT2D eigenvalue weighted by Gasteiger charge is -2.20. The first-order valence-electron chi connectivity index (χ1n) is 10.3. The zero-order valence-corrected chi connectivity index (χ0v) is 18.1. The van der Waals surface area contributed by atoms with Gasteiger partial charge < -0.3 is 24.8 Å². The fourth-order valence-corrected chi connectivity index (χ4v) is 2.84. The Hall–Kier alpha value is -3.58. The Morgan fingerprint density at radius 2 is 1.69 bits per heavy atom. The number of alkyl halides is 5. The molecule has 0 amide bonds. The standard InChI is InChI=1S/C22H21F5N4O4/c23-21(24,25)22(26,27)35-17-7-5-16(6-8-17)30-20(29-10-9-18-33-11-12-34-18)31-19(28)15-3-1-14(13-32)2-4-15/h1-8,13,18H,9-12H2,(H3,28,29,30,31). The molecular weight excluding hydrogens is 479 g/mol. The molecule has 0 radical (unpaired) electrons. The quantitative estimate of drug-likeness (QED) is 0.218. The number of guanidine groups is 1. The van der Waals surface area contributed by atoms with E-state index in [-0.39, 0.29) is 17.5 Å². The third kappa shape index (κ3) is 7.45. The Morgan fingerprint density at radius 3 is 2.26 bits per heavy atom. The highest BCUT2D eigenvalue weighted by molar-refractivity contribution is 6.08. The Kier molecular flexibility index (Phi) is 8.35. The Balaban J connectivity index is 1.71. The van der Waals surface area contributed by atoms with Crippen molar-refractivity contribution in [2.24, 2.45) is 4.99 Å². The summed E-state index contributed by atoms with van der Waals surface area (Å²) in [5, 5.41) is 14.0. The number of ether oxygens (including phenoxy) is 3. The average Bonchev–Trinajstić information content (AvgIpc) is 3.33. The molecule has 3 N–H and O–H groups in total. The topological polar surface area (TPSA) is 105 Å². The zero-order chi connectivity index (χ0) is 25.5.